The molecule has 3 aromatic rings. The molecule has 2 aromatic heterocycles. The average Bonchev–Trinajstić information content (AvgIpc) is 2.83. The number of halogens is 1. The molecule has 0 radical (unpaired) electrons. The highest BCUT2D eigenvalue weighted by Crippen LogP contribution is 2.18. The molecule has 1 N–H and O–H groups in total. The SMILES string of the molecule is Cc1cccn2nc(NC(C)c3cccc(F)c3)nc12. The molecule has 4 nitrogen and oxygen atoms in total. The van der Waals surface area contributed by atoms with E-state index in [0.717, 1.165) is 16.8 Å². The van der Waals surface area contributed by atoms with Gasteiger partial charge in [0, 0.05) is 6.20 Å². The van der Waals surface area contributed by atoms with Gasteiger partial charge in [-0.3, -0.25) is 0 Å². The van der Waals surface area contributed by atoms with Crippen LogP contribution in [0, 0.1) is 12.7 Å². The summed E-state index contributed by atoms with van der Waals surface area (Å²) in [6, 6.07) is 10.4. The number of hydrogen-bond acceptors (Lipinski definition) is 3. The van der Waals surface area contributed by atoms with E-state index in [9.17, 15) is 4.39 Å². The highest BCUT2D eigenvalue weighted by Gasteiger charge is 2.10. The van der Waals surface area contributed by atoms with E-state index in [1.165, 1.54) is 12.1 Å². The summed E-state index contributed by atoms with van der Waals surface area (Å²) in [6.45, 7) is 3.94. The number of aromatic nitrogens is 3. The first-order valence-corrected chi connectivity index (χ1v) is 6.47. The third kappa shape index (κ3) is 2.34. The van der Waals surface area contributed by atoms with Gasteiger partial charge in [0.2, 0.25) is 5.95 Å². The van der Waals surface area contributed by atoms with E-state index in [2.05, 4.69) is 15.4 Å². The van der Waals surface area contributed by atoms with Crippen molar-refractivity contribution in [3.8, 4) is 0 Å². The van der Waals surface area contributed by atoms with Crippen molar-refractivity contribution < 1.29 is 4.39 Å². The molecule has 5 heteroatoms. The minimum atomic E-state index is -0.241. The normalized spacial score (nSPS) is 12.6. The molecular weight excluding hydrogens is 255 g/mol. The smallest absolute Gasteiger partial charge is 0.243 e. The quantitative estimate of drug-likeness (QED) is 0.793. The first kappa shape index (κ1) is 12.6. The van der Waals surface area contributed by atoms with E-state index in [1.54, 1.807) is 10.6 Å². The van der Waals surface area contributed by atoms with Crippen LogP contribution in [0.25, 0.3) is 5.65 Å². The molecule has 0 aliphatic heterocycles. The van der Waals surface area contributed by atoms with E-state index in [1.807, 2.05) is 38.2 Å². The fraction of sp³-hybridized carbons (Fsp3) is 0.200. The van der Waals surface area contributed by atoms with Crippen LogP contribution in [0.3, 0.4) is 0 Å². The second-order valence-corrected chi connectivity index (χ2v) is 4.82. The molecule has 3 rings (SSSR count). The Kier molecular flexibility index (Phi) is 3.10. The Balaban J connectivity index is 1.87. The van der Waals surface area contributed by atoms with E-state index in [-0.39, 0.29) is 11.9 Å². The Labute approximate surface area is 116 Å². The van der Waals surface area contributed by atoms with Gasteiger partial charge in [0.05, 0.1) is 6.04 Å². The zero-order valence-corrected chi connectivity index (χ0v) is 11.3. The van der Waals surface area contributed by atoms with Gasteiger partial charge in [0.1, 0.15) is 5.82 Å². The maximum Gasteiger partial charge on any atom is 0.243 e. The number of fused-ring (bicyclic) bond motifs is 1. The molecule has 0 fully saturated rings. The maximum atomic E-state index is 13.2. The van der Waals surface area contributed by atoms with Gasteiger partial charge in [-0.1, -0.05) is 18.2 Å². The number of rotatable bonds is 3. The number of hydrogen-bond donors (Lipinski definition) is 1. The summed E-state index contributed by atoms with van der Waals surface area (Å²) < 4.78 is 15.0. The van der Waals surface area contributed by atoms with Gasteiger partial charge in [-0.2, -0.15) is 4.98 Å². The Morgan fingerprint density at radius 3 is 2.85 bits per heavy atom. The van der Waals surface area contributed by atoms with Crippen molar-refractivity contribution in [3.05, 3.63) is 59.5 Å². The Morgan fingerprint density at radius 1 is 1.25 bits per heavy atom. The van der Waals surface area contributed by atoms with Crippen molar-refractivity contribution in [2.24, 2.45) is 0 Å². The van der Waals surface area contributed by atoms with Crippen LogP contribution < -0.4 is 5.32 Å². The molecule has 2 heterocycles. The molecule has 0 spiro atoms. The van der Waals surface area contributed by atoms with Crippen LogP contribution in [0.1, 0.15) is 24.1 Å². The summed E-state index contributed by atoms with van der Waals surface area (Å²) in [5, 5.41) is 7.55. The third-order valence-corrected chi connectivity index (χ3v) is 3.25. The lowest BCUT2D eigenvalue weighted by Crippen LogP contribution is -2.08. The fourth-order valence-electron chi connectivity index (χ4n) is 2.15. The standard InChI is InChI=1S/C15H15FN4/c1-10-5-4-8-20-14(10)18-15(19-20)17-11(2)12-6-3-7-13(16)9-12/h3-9,11H,1-2H3,(H,17,19). The van der Waals surface area contributed by atoms with Crippen molar-refractivity contribution in [2.75, 3.05) is 5.32 Å². The average molecular weight is 270 g/mol. The predicted octanol–water partition coefficient (Wildman–Crippen LogP) is 3.35. The van der Waals surface area contributed by atoms with E-state index in [0.29, 0.717) is 5.95 Å². The number of nitrogens with zero attached hydrogens (tertiary/aromatic N) is 3. The maximum absolute atomic E-state index is 13.2. The molecule has 0 saturated heterocycles. The molecule has 1 unspecified atom stereocenters. The van der Waals surface area contributed by atoms with Crippen LogP contribution in [0.5, 0.6) is 0 Å². The summed E-state index contributed by atoms with van der Waals surface area (Å²) in [7, 11) is 0. The number of anilines is 1. The van der Waals surface area contributed by atoms with Crippen molar-refractivity contribution in [2.45, 2.75) is 19.9 Å². The van der Waals surface area contributed by atoms with Crippen molar-refractivity contribution in [1.82, 2.24) is 14.6 Å². The fourth-order valence-corrected chi connectivity index (χ4v) is 2.15. The zero-order chi connectivity index (χ0) is 14.1. The lowest BCUT2D eigenvalue weighted by atomic mass is 10.1. The summed E-state index contributed by atoms with van der Waals surface area (Å²) in [4.78, 5) is 4.45. The van der Waals surface area contributed by atoms with Gasteiger partial charge in [0.25, 0.3) is 0 Å². The lowest BCUT2D eigenvalue weighted by Gasteiger charge is -2.12. The van der Waals surface area contributed by atoms with Crippen LogP contribution in [0.4, 0.5) is 10.3 Å². The number of nitrogens with one attached hydrogen (secondary N) is 1. The van der Waals surface area contributed by atoms with Gasteiger partial charge >= 0.3 is 0 Å². The van der Waals surface area contributed by atoms with Gasteiger partial charge in [-0.05, 0) is 43.2 Å². The van der Waals surface area contributed by atoms with E-state index >= 15 is 0 Å². The largest absolute Gasteiger partial charge is 0.346 e. The second-order valence-electron chi connectivity index (χ2n) is 4.82. The molecule has 1 atom stereocenters. The number of benzene rings is 1. The summed E-state index contributed by atoms with van der Waals surface area (Å²) >= 11 is 0. The lowest BCUT2D eigenvalue weighted by molar-refractivity contribution is 0.623. The minimum absolute atomic E-state index is 0.0663. The second kappa shape index (κ2) is 4.92. The third-order valence-electron chi connectivity index (χ3n) is 3.25. The van der Waals surface area contributed by atoms with Gasteiger partial charge in [-0.15, -0.1) is 5.10 Å². The monoisotopic (exact) mass is 270 g/mol. The first-order valence-electron chi connectivity index (χ1n) is 6.47. The zero-order valence-electron chi connectivity index (χ0n) is 11.3. The summed E-state index contributed by atoms with van der Waals surface area (Å²) in [5.41, 5.74) is 2.74. The predicted molar refractivity (Wildman–Crippen MR) is 76.2 cm³/mol. The molecule has 0 amide bonds. The number of pyridine rings is 1. The first-order chi connectivity index (χ1) is 9.63. The molecule has 0 bridgehead atoms. The molecule has 1 aromatic carbocycles. The van der Waals surface area contributed by atoms with Crippen molar-refractivity contribution >= 4 is 11.6 Å². The van der Waals surface area contributed by atoms with E-state index in [4.69, 9.17) is 0 Å². The van der Waals surface area contributed by atoms with Gasteiger partial charge < -0.3 is 5.32 Å². The van der Waals surface area contributed by atoms with Crippen molar-refractivity contribution in [3.63, 3.8) is 0 Å². The van der Waals surface area contributed by atoms with Crippen molar-refractivity contribution in [1.29, 1.82) is 0 Å². The Bertz CT molecular complexity index is 750. The Morgan fingerprint density at radius 2 is 2.10 bits per heavy atom. The number of aryl methyl sites for hydroxylation is 1. The molecular formula is C15H15FN4. The van der Waals surface area contributed by atoms with Gasteiger partial charge in [0.15, 0.2) is 5.65 Å². The highest BCUT2D eigenvalue weighted by atomic mass is 19.1. The molecule has 102 valence electrons. The molecule has 0 aliphatic rings. The topological polar surface area (TPSA) is 42.2 Å². The molecule has 0 saturated carbocycles. The van der Waals surface area contributed by atoms with Crippen LogP contribution in [-0.2, 0) is 0 Å². The van der Waals surface area contributed by atoms with Crippen LogP contribution in [0.15, 0.2) is 42.6 Å². The van der Waals surface area contributed by atoms with Crippen LogP contribution >= 0.6 is 0 Å². The summed E-state index contributed by atoms with van der Waals surface area (Å²) in [5.74, 6) is 0.297. The van der Waals surface area contributed by atoms with Crippen LogP contribution in [-0.4, -0.2) is 14.6 Å². The Hall–Kier alpha value is -2.43. The highest BCUT2D eigenvalue weighted by molar-refractivity contribution is 5.50. The van der Waals surface area contributed by atoms with Gasteiger partial charge in [-0.25, -0.2) is 8.91 Å². The van der Waals surface area contributed by atoms with E-state index < -0.39 is 0 Å². The molecule has 20 heavy (non-hydrogen) atoms. The summed E-state index contributed by atoms with van der Waals surface area (Å²) in [6.07, 6.45) is 1.85. The van der Waals surface area contributed by atoms with Crippen LogP contribution in [0.2, 0.25) is 0 Å². The minimum Gasteiger partial charge on any atom is -0.346 e. The molecule has 0 aliphatic carbocycles.